The van der Waals surface area contributed by atoms with Crippen molar-refractivity contribution in [2.75, 3.05) is 20.2 Å². The van der Waals surface area contributed by atoms with Crippen LogP contribution in [0, 0.1) is 11.3 Å². The summed E-state index contributed by atoms with van der Waals surface area (Å²) in [5, 5.41) is 8.57. The van der Waals surface area contributed by atoms with Crippen molar-refractivity contribution in [1.82, 2.24) is 4.90 Å². The van der Waals surface area contributed by atoms with E-state index in [4.69, 9.17) is 10.00 Å². The first-order valence-electron chi connectivity index (χ1n) is 3.55. The van der Waals surface area contributed by atoms with E-state index in [1.165, 1.54) is 12.8 Å². The third-order valence-corrected chi connectivity index (χ3v) is 1.81. The van der Waals surface area contributed by atoms with E-state index in [0.29, 0.717) is 0 Å². The highest BCUT2D eigenvalue weighted by Crippen LogP contribution is 2.10. The van der Waals surface area contributed by atoms with E-state index in [2.05, 4.69) is 11.0 Å². The normalized spacial score (nSPS) is 22.4. The fraction of sp³-hybridized carbons (Fsp3) is 0.857. The van der Waals surface area contributed by atoms with Gasteiger partial charge in [-0.05, 0) is 12.8 Å². The second-order valence-electron chi connectivity index (χ2n) is 2.46. The molecule has 56 valence electrons. The SMILES string of the molecule is COC(C#N)N1CCCC1. The van der Waals surface area contributed by atoms with Gasteiger partial charge >= 0.3 is 0 Å². The van der Waals surface area contributed by atoms with Crippen LogP contribution in [0.4, 0.5) is 0 Å². The Kier molecular flexibility index (Phi) is 2.67. The maximum absolute atomic E-state index is 8.57. The van der Waals surface area contributed by atoms with Crippen LogP contribution in [0.3, 0.4) is 0 Å². The van der Waals surface area contributed by atoms with Gasteiger partial charge in [-0.15, -0.1) is 0 Å². The number of hydrogen-bond donors (Lipinski definition) is 0. The van der Waals surface area contributed by atoms with Crippen molar-refractivity contribution in [3.05, 3.63) is 0 Å². The van der Waals surface area contributed by atoms with E-state index in [0.717, 1.165) is 13.1 Å². The number of rotatable bonds is 2. The highest BCUT2D eigenvalue weighted by Gasteiger charge is 2.20. The molecule has 1 unspecified atom stereocenters. The zero-order valence-corrected chi connectivity index (χ0v) is 6.21. The molecule has 0 radical (unpaired) electrons. The second-order valence-corrected chi connectivity index (χ2v) is 2.46. The van der Waals surface area contributed by atoms with Gasteiger partial charge < -0.3 is 4.74 Å². The number of likely N-dealkylation sites (tertiary alicyclic amines) is 1. The Morgan fingerprint density at radius 3 is 2.50 bits per heavy atom. The molecule has 3 nitrogen and oxygen atoms in total. The predicted molar refractivity (Wildman–Crippen MR) is 37.2 cm³/mol. The molecule has 0 spiro atoms. The van der Waals surface area contributed by atoms with Gasteiger partial charge in [-0.1, -0.05) is 0 Å². The van der Waals surface area contributed by atoms with Crippen LogP contribution in [0.1, 0.15) is 12.8 Å². The molecule has 0 bridgehead atoms. The van der Waals surface area contributed by atoms with E-state index < -0.39 is 0 Å². The highest BCUT2D eigenvalue weighted by molar-refractivity contribution is 4.86. The quantitative estimate of drug-likeness (QED) is 0.563. The van der Waals surface area contributed by atoms with Crippen LogP contribution in [0.15, 0.2) is 0 Å². The molecule has 3 heteroatoms. The van der Waals surface area contributed by atoms with Crippen LogP contribution >= 0.6 is 0 Å². The molecule has 10 heavy (non-hydrogen) atoms. The number of nitrogens with zero attached hydrogens (tertiary/aromatic N) is 2. The van der Waals surface area contributed by atoms with Crippen molar-refractivity contribution in [2.24, 2.45) is 0 Å². The summed E-state index contributed by atoms with van der Waals surface area (Å²) in [6.07, 6.45) is 2.07. The Bertz CT molecular complexity index is 135. The molecule has 0 amide bonds. The van der Waals surface area contributed by atoms with E-state index in [-0.39, 0.29) is 6.23 Å². The minimum absolute atomic E-state index is 0.317. The average molecular weight is 140 g/mol. The Morgan fingerprint density at radius 2 is 2.10 bits per heavy atom. The van der Waals surface area contributed by atoms with Crippen molar-refractivity contribution >= 4 is 0 Å². The van der Waals surface area contributed by atoms with Crippen molar-refractivity contribution in [3.8, 4) is 6.07 Å². The average Bonchev–Trinajstić information content (AvgIpc) is 2.43. The lowest BCUT2D eigenvalue weighted by Crippen LogP contribution is -2.32. The fourth-order valence-corrected chi connectivity index (χ4v) is 1.26. The molecule has 0 N–H and O–H groups in total. The van der Waals surface area contributed by atoms with Gasteiger partial charge in [0.05, 0.1) is 0 Å². The third-order valence-electron chi connectivity index (χ3n) is 1.81. The first kappa shape index (κ1) is 7.52. The summed E-state index contributed by atoms with van der Waals surface area (Å²) in [6.45, 7) is 2.01. The first-order chi connectivity index (χ1) is 4.88. The molecule has 1 heterocycles. The molecule has 1 fully saturated rings. The van der Waals surface area contributed by atoms with Crippen LogP contribution in [-0.2, 0) is 4.74 Å². The monoisotopic (exact) mass is 140 g/mol. The lowest BCUT2D eigenvalue weighted by atomic mass is 10.4. The maximum atomic E-state index is 8.57. The second kappa shape index (κ2) is 3.55. The van der Waals surface area contributed by atoms with Gasteiger partial charge in [0.1, 0.15) is 6.07 Å². The van der Waals surface area contributed by atoms with Gasteiger partial charge in [-0.3, -0.25) is 4.90 Å². The van der Waals surface area contributed by atoms with Gasteiger partial charge in [0, 0.05) is 20.2 Å². The standard InChI is InChI=1S/C7H12N2O/c1-10-7(6-8)9-4-2-3-5-9/h7H,2-5H2,1H3. The van der Waals surface area contributed by atoms with E-state index in [1.54, 1.807) is 7.11 Å². The number of ether oxygens (including phenoxy) is 1. The summed E-state index contributed by atoms with van der Waals surface area (Å²) in [7, 11) is 1.58. The molecule has 0 aromatic rings. The molecule has 1 aliphatic rings. The zero-order valence-electron chi connectivity index (χ0n) is 6.21. The zero-order chi connectivity index (χ0) is 7.40. The Balaban J connectivity index is 2.38. The molecule has 0 aromatic heterocycles. The summed E-state index contributed by atoms with van der Waals surface area (Å²) in [5.74, 6) is 0. The van der Waals surface area contributed by atoms with Gasteiger partial charge in [0.25, 0.3) is 0 Å². The minimum atomic E-state index is -0.317. The first-order valence-corrected chi connectivity index (χ1v) is 3.55. The maximum Gasteiger partial charge on any atom is 0.199 e. The molecule has 0 aromatic carbocycles. The molecule has 0 aliphatic carbocycles. The highest BCUT2D eigenvalue weighted by atomic mass is 16.5. The van der Waals surface area contributed by atoms with E-state index in [9.17, 15) is 0 Å². The Labute approximate surface area is 61.2 Å². The summed E-state index contributed by atoms with van der Waals surface area (Å²) in [6, 6.07) is 2.10. The number of hydrogen-bond acceptors (Lipinski definition) is 3. The van der Waals surface area contributed by atoms with Gasteiger partial charge in [0.15, 0.2) is 6.23 Å². The molecular formula is C7H12N2O. The lowest BCUT2D eigenvalue weighted by molar-refractivity contribution is 0.0229. The largest absolute Gasteiger partial charge is 0.353 e. The van der Waals surface area contributed by atoms with Crippen molar-refractivity contribution in [3.63, 3.8) is 0 Å². The molecule has 1 atom stereocenters. The van der Waals surface area contributed by atoms with E-state index in [1.807, 2.05) is 0 Å². The van der Waals surface area contributed by atoms with Crippen molar-refractivity contribution in [2.45, 2.75) is 19.1 Å². The molecule has 1 rings (SSSR count). The van der Waals surface area contributed by atoms with Crippen LogP contribution in [0.5, 0.6) is 0 Å². The van der Waals surface area contributed by atoms with Gasteiger partial charge in [0.2, 0.25) is 0 Å². The van der Waals surface area contributed by atoms with E-state index >= 15 is 0 Å². The van der Waals surface area contributed by atoms with Crippen molar-refractivity contribution in [1.29, 1.82) is 5.26 Å². The van der Waals surface area contributed by atoms with Crippen LogP contribution in [0.2, 0.25) is 0 Å². The summed E-state index contributed by atoms with van der Waals surface area (Å²) < 4.78 is 4.95. The molecule has 1 saturated heterocycles. The minimum Gasteiger partial charge on any atom is -0.353 e. The Hall–Kier alpha value is -0.590. The van der Waals surface area contributed by atoms with Crippen LogP contribution in [-0.4, -0.2) is 31.3 Å². The summed E-state index contributed by atoms with van der Waals surface area (Å²) in [4.78, 5) is 2.06. The van der Waals surface area contributed by atoms with Crippen LogP contribution in [0.25, 0.3) is 0 Å². The number of methoxy groups -OCH3 is 1. The lowest BCUT2D eigenvalue weighted by Gasteiger charge is -2.18. The summed E-state index contributed by atoms with van der Waals surface area (Å²) >= 11 is 0. The van der Waals surface area contributed by atoms with Crippen molar-refractivity contribution < 1.29 is 4.74 Å². The number of nitriles is 1. The van der Waals surface area contributed by atoms with Crippen LogP contribution < -0.4 is 0 Å². The predicted octanol–water partition coefficient (Wildman–Crippen LogP) is 0.578. The topological polar surface area (TPSA) is 36.3 Å². The fourth-order valence-electron chi connectivity index (χ4n) is 1.26. The van der Waals surface area contributed by atoms with Gasteiger partial charge in [-0.2, -0.15) is 5.26 Å². The molecular weight excluding hydrogens is 128 g/mol. The smallest absolute Gasteiger partial charge is 0.199 e. The Morgan fingerprint density at radius 1 is 1.50 bits per heavy atom. The third kappa shape index (κ3) is 1.47. The summed E-state index contributed by atoms with van der Waals surface area (Å²) in [5.41, 5.74) is 0. The van der Waals surface area contributed by atoms with Gasteiger partial charge in [-0.25, -0.2) is 0 Å². The molecule has 1 aliphatic heterocycles. The molecule has 0 saturated carbocycles.